The first-order valence-electron chi connectivity index (χ1n) is 7.99. The van der Waals surface area contributed by atoms with Crippen LogP contribution in [-0.4, -0.2) is 23.3 Å². The zero-order chi connectivity index (χ0) is 18.5. The van der Waals surface area contributed by atoms with Crippen molar-refractivity contribution < 1.29 is 22.5 Å². The van der Waals surface area contributed by atoms with Gasteiger partial charge in [-0.25, -0.2) is 0 Å². The lowest BCUT2D eigenvalue weighted by Gasteiger charge is -2.32. The molecule has 0 N–H and O–H groups in total. The summed E-state index contributed by atoms with van der Waals surface area (Å²) in [5.41, 5.74) is -0.0646. The molecule has 0 atom stereocenters. The third kappa shape index (κ3) is 3.44. The average molecular weight is 349 g/mol. The molecule has 0 aliphatic carbocycles. The maximum atomic E-state index is 12.9. The van der Waals surface area contributed by atoms with Gasteiger partial charge in [-0.2, -0.15) is 13.2 Å². The van der Waals surface area contributed by atoms with Gasteiger partial charge in [-0.1, -0.05) is 12.1 Å². The summed E-state index contributed by atoms with van der Waals surface area (Å²) in [5.74, 6) is 0. The van der Waals surface area contributed by atoms with Crippen molar-refractivity contribution in [3.8, 4) is 11.1 Å². The lowest BCUT2D eigenvalue weighted by Crippen LogP contribution is -2.41. The van der Waals surface area contributed by atoms with Crippen LogP contribution in [0.25, 0.3) is 11.1 Å². The van der Waals surface area contributed by atoms with E-state index in [0.717, 1.165) is 12.1 Å². The molecule has 7 heteroatoms. The van der Waals surface area contributed by atoms with Crippen molar-refractivity contribution in [2.45, 2.75) is 45.1 Å². The van der Waals surface area contributed by atoms with Crippen LogP contribution in [0.5, 0.6) is 0 Å². The average Bonchev–Trinajstić information content (AvgIpc) is 2.75. The van der Waals surface area contributed by atoms with Crippen molar-refractivity contribution in [1.29, 1.82) is 0 Å². The van der Waals surface area contributed by atoms with Crippen LogP contribution in [0, 0.1) is 0 Å². The number of rotatable bonds is 2. The maximum Gasteiger partial charge on any atom is 0.514 e. The van der Waals surface area contributed by atoms with Crippen molar-refractivity contribution in [2.75, 3.05) is 0 Å². The Kier molecular flexibility index (Phi) is 4.20. The van der Waals surface area contributed by atoms with Crippen molar-refractivity contribution in [3.63, 3.8) is 0 Å². The Morgan fingerprint density at radius 3 is 2.12 bits per heavy atom. The number of benzene rings is 1. The summed E-state index contributed by atoms with van der Waals surface area (Å²) in [7, 11) is -0.657. The first-order valence-corrected chi connectivity index (χ1v) is 7.99. The van der Waals surface area contributed by atoms with E-state index < -0.39 is 30.1 Å². The second kappa shape index (κ2) is 5.85. The van der Waals surface area contributed by atoms with Gasteiger partial charge in [0.15, 0.2) is 0 Å². The van der Waals surface area contributed by atoms with E-state index in [9.17, 15) is 13.2 Å². The lowest BCUT2D eigenvalue weighted by molar-refractivity contribution is -0.137. The Morgan fingerprint density at radius 1 is 0.920 bits per heavy atom. The van der Waals surface area contributed by atoms with Gasteiger partial charge in [0.25, 0.3) is 0 Å². The molecule has 1 aliphatic rings. The molecule has 0 amide bonds. The summed E-state index contributed by atoms with van der Waals surface area (Å²) in [4.78, 5) is 4.28. The van der Waals surface area contributed by atoms with Gasteiger partial charge in [-0.3, -0.25) is 4.98 Å². The van der Waals surface area contributed by atoms with Crippen LogP contribution < -0.4 is 5.59 Å². The van der Waals surface area contributed by atoms with E-state index in [1.54, 1.807) is 24.4 Å². The summed E-state index contributed by atoms with van der Waals surface area (Å²) < 4.78 is 50.7. The largest absolute Gasteiger partial charge is 0.514 e. The van der Waals surface area contributed by atoms with Crippen LogP contribution in [0.3, 0.4) is 0 Å². The van der Waals surface area contributed by atoms with Crippen LogP contribution >= 0.6 is 0 Å². The Hall–Kier alpha value is -1.86. The Labute approximate surface area is 145 Å². The van der Waals surface area contributed by atoms with E-state index in [4.69, 9.17) is 9.31 Å². The predicted molar refractivity (Wildman–Crippen MR) is 90.4 cm³/mol. The van der Waals surface area contributed by atoms with Gasteiger partial charge in [-0.15, -0.1) is 0 Å². The standard InChI is InChI=1S/C18H19BF3NO2/c1-16(2)17(3,4)25-19(24-16)15-11-13(8-9-23-15)12-6-5-7-14(10-12)18(20,21)22/h5-11H,1-4H3. The molecule has 132 valence electrons. The van der Waals surface area contributed by atoms with Crippen LogP contribution in [-0.2, 0) is 15.5 Å². The van der Waals surface area contributed by atoms with E-state index in [-0.39, 0.29) is 0 Å². The molecule has 1 fully saturated rings. The van der Waals surface area contributed by atoms with Crippen LogP contribution in [0.15, 0.2) is 42.6 Å². The van der Waals surface area contributed by atoms with Gasteiger partial charge < -0.3 is 9.31 Å². The van der Waals surface area contributed by atoms with E-state index in [1.807, 2.05) is 27.7 Å². The van der Waals surface area contributed by atoms with Gasteiger partial charge in [0, 0.05) is 6.20 Å². The molecular formula is C18H19BF3NO2. The zero-order valence-corrected chi connectivity index (χ0v) is 14.5. The molecule has 0 saturated carbocycles. The molecule has 1 aromatic heterocycles. The van der Waals surface area contributed by atoms with E-state index in [0.29, 0.717) is 16.7 Å². The molecule has 2 heterocycles. The summed E-state index contributed by atoms with van der Waals surface area (Å²) in [6.07, 6.45) is -2.83. The Bertz CT molecular complexity index is 774. The molecule has 0 spiro atoms. The third-order valence-corrected chi connectivity index (χ3v) is 4.80. The molecule has 1 aromatic carbocycles. The molecule has 0 unspecified atom stereocenters. The summed E-state index contributed by atoms with van der Waals surface area (Å²) in [5, 5.41) is 0. The quantitative estimate of drug-likeness (QED) is 0.766. The number of halogens is 3. The molecule has 0 bridgehead atoms. The highest BCUT2D eigenvalue weighted by Crippen LogP contribution is 2.36. The molecule has 1 aliphatic heterocycles. The van der Waals surface area contributed by atoms with Crippen LogP contribution in [0.1, 0.15) is 33.3 Å². The first kappa shape index (κ1) is 18.0. The minimum Gasteiger partial charge on any atom is -0.398 e. The highest BCUT2D eigenvalue weighted by atomic mass is 19.4. The lowest BCUT2D eigenvalue weighted by atomic mass is 9.83. The summed E-state index contributed by atoms with van der Waals surface area (Å²) in [6, 6.07) is 8.59. The topological polar surface area (TPSA) is 31.4 Å². The monoisotopic (exact) mass is 349 g/mol. The molecule has 3 rings (SSSR count). The SMILES string of the molecule is CC1(C)OB(c2cc(-c3cccc(C(F)(F)F)c3)ccn2)OC1(C)C. The predicted octanol–water partition coefficient (Wildman–Crippen LogP) is 4.07. The van der Waals surface area contributed by atoms with Crippen LogP contribution in [0.2, 0.25) is 0 Å². The molecule has 0 radical (unpaired) electrons. The van der Waals surface area contributed by atoms with Gasteiger partial charge in [0.1, 0.15) is 0 Å². The fraction of sp³-hybridized carbons (Fsp3) is 0.389. The molecular weight excluding hydrogens is 330 g/mol. The molecule has 1 saturated heterocycles. The smallest absolute Gasteiger partial charge is 0.398 e. The second-order valence-electron chi connectivity index (χ2n) is 7.14. The Balaban J connectivity index is 1.94. The number of hydrogen-bond donors (Lipinski definition) is 0. The first-order chi connectivity index (χ1) is 11.5. The minimum atomic E-state index is -4.38. The van der Waals surface area contributed by atoms with Crippen molar-refractivity contribution in [1.82, 2.24) is 4.98 Å². The third-order valence-electron chi connectivity index (χ3n) is 4.80. The number of alkyl halides is 3. The van der Waals surface area contributed by atoms with Crippen LogP contribution in [0.4, 0.5) is 13.2 Å². The zero-order valence-electron chi connectivity index (χ0n) is 14.5. The maximum absolute atomic E-state index is 12.9. The van der Waals surface area contributed by atoms with Crippen molar-refractivity contribution >= 4 is 12.7 Å². The number of aromatic nitrogens is 1. The van der Waals surface area contributed by atoms with Gasteiger partial charge in [0.2, 0.25) is 0 Å². The van der Waals surface area contributed by atoms with E-state index >= 15 is 0 Å². The summed E-state index contributed by atoms with van der Waals surface area (Å²) >= 11 is 0. The Morgan fingerprint density at radius 2 is 1.52 bits per heavy atom. The summed E-state index contributed by atoms with van der Waals surface area (Å²) in [6.45, 7) is 7.74. The number of hydrogen-bond acceptors (Lipinski definition) is 3. The van der Waals surface area contributed by atoms with E-state index in [1.165, 1.54) is 6.07 Å². The second-order valence-corrected chi connectivity index (χ2v) is 7.14. The van der Waals surface area contributed by atoms with Gasteiger partial charge >= 0.3 is 13.3 Å². The highest BCUT2D eigenvalue weighted by Gasteiger charge is 2.52. The van der Waals surface area contributed by atoms with Crippen molar-refractivity contribution in [2.24, 2.45) is 0 Å². The normalized spacial score (nSPS) is 19.2. The molecule has 3 nitrogen and oxygen atoms in total. The number of pyridine rings is 1. The molecule has 25 heavy (non-hydrogen) atoms. The fourth-order valence-electron chi connectivity index (χ4n) is 2.60. The number of nitrogens with zero attached hydrogens (tertiary/aromatic N) is 1. The fourth-order valence-corrected chi connectivity index (χ4v) is 2.60. The minimum absolute atomic E-state index is 0.468. The highest BCUT2D eigenvalue weighted by molar-refractivity contribution is 6.61. The van der Waals surface area contributed by atoms with E-state index in [2.05, 4.69) is 4.98 Å². The van der Waals surface area contributed by atoms with Gasteiger partial charge in [0.05, 0.1) is 22.4 Å². The molecule has 2 aromatic rings. The van der Waals surface area contributed by atoms with Crippen molar-refractivity contribution in [3.05, 3.63) is 48.2 Å². The van der Waals surface area contributed by atoms with Gasteiger partial charge in [-0.05, 0) is 63.1 Å².